The highest BCUT2D eigenvalue weighted by molar-refractivity contribution is 5.79. The number of guanidine groups is 1. The number of hydrogen-bond acceptors (Lipinski definition) is 3. The molecule has 118 valence electrons. The fraction of sp³-hybridized carbons (Fsp3) is 0.600. The predicted octanol–water partition coefficient (Wildman–Crippen LogP) is 1.38. The highest BCUT2D eigenvalue weighted by atomic mass is 16.5. The zero-order valence-electron chi connectivity index (χ0n) is 13.4. The van der Waals surface area contributed by atoms with Crippen LogP contribution in [0.4, 0.5) is 0 Å². The third kappa shape index (κ3) is 5.89. The van der Waals surface area contributed by atoms with Crippen LogP contribution in [0.2, 0.25) is 0 Å². The van der Waals surface area contributed by atoms with Gasteiger partial charge in [0, 0.05) is 46.0 Å². The van der Waals surface area contributed by atoms with Gasteiger partial charge >= 0.3 is 5.97 Å². The van der Waals surface area contributed by atoms with Crippen LogP contribution < -0.4 is 5.32 Å². The van der Waals surface area contributed by atoms with Crippen molar-refractivity contribution in [2.75, 3.05) is 27.7 Å². The Morgan fingerprint density at radius 1 is 1.48 bits per heavy atom. The minimum Gasteiger partial charge on any atom is -0.469 e. The Labute approximate surface area is 126 Å². The van der Waals surface area contributed by atoms with Gasteiger partial charge in [0.1, 0.15) is 0 Å². The first-order valence-electron chi connectivity index (χ1n) is 7.17. The fourth-order valence-electron chi connectivity index (χ4n) is 2.06. The lowest BCUT2D eigenvalue weighted by molar-refractivity contribution is -0.140. The van der Waals surface area contributed by atoms with E-state index >= 15 is 0 Å². The van der Waals surface area contributed by atoms with Crippen LogP contribution in [0.25, 0.3) is 0 Å². The van der Waals surface area contributed by atoms with Crippen molar-refractivity contribution in [1.82, 2.24) is 14.8 Å². The van der Waals surface area contributed by atoms with E-state index in [-0.39, 0.29) is 5.97 Å². The van der Waals surface area contributed by atoms with Crippen LogP contribution in [0.15, 0.2) is 23.3 Å². The number of nitrogens with one attached hydrogen (secondary N) is 1. The normalized spacial score (nSPS) is 11.3. The van der Waals surface area contributed by atoms with Gasteiger partial charge in [-0.05, 0) is 25.0 Å². The molecule has 0 fully saturated rings. The number of rotatable bonds is 7. The zero-order valence-corrected chi connectivity index (χ0v) is 13.4. The summed E-state index contributed by atoms with van der Waals surface area (Å²) < 4.78 is 6.71. The molecule has 0 atom stereocenters. The standard InChI is InChI=1S/C15H26N4O2/c1-16-15(17-10-6-5-9-14(20)21-4)19(3)12-13-8-7-11-18(13)2/h7-8,11H,5-6,9-10,12H2,1-4H3,(H,16,17). The van der Waals surface area contributed by atoms with Gasteiger partial charge in [-0.1, -0.05) is 0 Å². The molecule has 6 heteroatoms. The van der Waals surface area contributed by atoms with Crippen LogP contribution in [0.1, 0.15) is 25.0 Å². The molecular formula is C15H26N4O2. The van der Waals surface area contributed by atoms with Gasteiger partial charge in [-0.25, -0.2) is 0 Å². The van der Waals surface area contributed by atoms with E-state index in [4.69, 9.17) is 0 Å². The molecule has 0 aromatic carbocycles. The van der Waals surface area contributed by atoms with E-state index in [2.05, 4.69) is 30.6 Å². The predicted molar refractivity (Wildman–Crippen MR) is 84.1 cm³/mol. The average Bonchev–Trinajstić information content (AvgIpc) is 2.87. The number of ether oxygens (including phenoxy) is 1. The van der Waals surface area contributed by atoms with Crippen molar-refractivity contribution in [3.8, 4) is 0 Å². The highest BCUT2D eigenvalue weighted by Gasteiger charge is 2.08. The summed E-state index contributed by atoms with van der Waals surface area (Å²) in [7, 11) is 7.24. The first-order chi connectivity index (χ1) is 10.1. The average molecular weight is 294 g/mol. The molecule has 0 bridgehead atoms. The Bertz CT molecular complexity index is 468. The number of methoxy groups -OCH3 is 1. The maximum absolute atomic E-state index is 11.0. The second-order valence-electron chi connectivity index (χ2n) is 4.97. The molecule has 0 unspecified atom stereocenters. The molecule has 1 N–H and O–H groups in total. The van der Waals surface area contributed by atoms with E-state index < -0.39 is 0 Å². The number of aromatic nitrogens is 1. The minimum absolute atomic E-state index is 0.153. The molecule has 0 radical (unpaired) electrons. The van der Waals surface area contributed by atoms with Gasteiger partial charge in [0.25, 0.3) is 0 Å². The summed E-state index contributed by atoms with van der Waals surface area (Å²) in [6, 6.07) is 4.13. The Balaban J connectivity index is 2.31. The molecule has 21 heavy (non-hydrogen) atoms. The molecule has 0 aliphatic heterocycles. The molecule has 0 aliphatic carbocycles. The molecule has 1 heterocycles. The van der Waals surface area contributed by atoms with Crippen molar-refractivity contribution >= 4 is 11.9 Å². The summed E-state index contributed by atoms with van der Waals surface area (Å²) in [5.41, 5.74) is 1.23. The van der Waals surface area contributed by atoms with E-state index in [1.54, 1.807) is 7.05 Å². The quantitative estimate of drug-likeness (QED) is 0.357. The van der Waals surface area contributed by atoms with Gasteiger partial charge in [0.15, 0.2) is 5.96 Å². The summed E-state index contributed by atoms with van der Waals surface area (Å²) in [4.78, 5) is 17.4. The number of esters is 1. The van der Waals surface area contributed by atoms with Crippen molar-refractivity contribution < 1.29 is 9.53 Å². The zero-order chi connectivity index (χ0) is 15.7. The molecule has 0 aliphatic rings. The van der Waals surface area contributed by atoms with E-state index in [1.165, 1.54) is 12.8 Å². The van der Waals surface area contributed by atoms with Gasteiger partial charge in [-0.2, -0.15) is 0 Å². The number of carbonyl (C=O) groups is 1. The van der Waals surface area contributed by atoms with Crippen LogP contribution >= 0.6 is 0 Å². The van der Waals surface area contributed by atoms with Crippen molar-refractivity contribution in [2.45, 2.75) is 25.8 Å². The second kappa shape index (κ2) is 9.05. The SMILES string of the molecule is CN=C(NCCCCC(=O)OC)N(C)Cc1cccn1C. The lowest BCUT2D eigenvalue weighted by atomic mass is 10.2. The molecule has 0 spiro atoms. The minimum atomic E-state index is -0.153. The smallest absolute Gasteiger partial charge is 0.305 e. The monoisotopic (exact) mass is 294 g/mol. The van der Waals surface area contributed by atoms with E-state index in [0.717, 1.165) is 31.9 Å². The molecule has 1 aromatic rings. The lowest BCUT2D eigenvalue weighted by Crippen LogP contribution is -2.39. The van der Waals surface area contributed by atoms with Crippen LogP contribution in [-0.4, -0.2) is 49.1 Å². The van der Waals surface area contributed by atoms with Gasteiger partial charge in [-0.15, -0.1) is 0 Å². The Morgan fingerprint density at radius 2 is 2.24 bits per heavy atom. The van der Waals surface area contributed by atoms with Gasteiger partial charge < -0.3 is 19.5 Å². The Morgan fingerprint density at radius 3 is 2.81 bits per heavy atom. The number of aryl methyl sites for hydroxylation is 1. The molecule has 1 rings (SSSR count). The number of aliphatic imine (C=N–C) groups is 1. The molecule has 0 saturated heterocycles. The van der Waals surface area contributed by atoms with E-state index in [9.17, 15) is 4.79 Å². The fourth-order valence-corrected chi connectivity index (χ4v) is 2.06. The van der Waals surface area contributed by atoms with Crippen molar-refractivity contribution in [3.63, 3.8) is 0 Å². The Kier molecular flexibility index (Phi) is 7.36. The summed E-state index contributed by atoms with van der Waals surface area (Å²) >= 11 is 0. The van der Waals surface area contributed by atoms with Crippen LogP contribution in [-0.2, 0) is 23.1 Å². The number of hydrogen-bond donors (Lipinski definition) is 1. The highest BCUT2D eigenvalue weighted by Crippen LogP contribution is 2.04. The topological polar surface area (TPSA) is 58.9 Å². The van der Waals surface area contributed by atoms with E-state index in [1.807, 2.05) is 26.4 Å². The summed E-state index contributed by atoms with van der Waals surface area (Å²) in [5, 5.41) is 3.31. The first kappa shape index (κ1) is 17.1. The third-order valence-corrected chi connectivity index (χ3v) is 3.34. The van der Waals surface area contributed by atoms with Crippen LogP contribution in [0, 0.1) is 0 Å². The van der Waals surface area contributed by atoms with Gasteiger partial charge in [0.2, 0.25) is 0 Å². The maximum atomic E-state index is 11.0. The molecular weight excluding hydrogens is 268 g/mol. The summed E-state index contributed by atoms with van der Waals surface area (Å²) in [6.45, 7) is 1.59. The molecule has 1 aromatic heterocycles. The largest absolute Gasteiger partial charge is 0.469 e. The van der Waals surface area contributed by atoms with Crippen molar-refractivity contribution in [1.29, 1.82) is 0 Å². The first-order valence-corrected chi connectivity index (χ1v) is 7.17. The Hall–Kier alpha value is -1.98. The summed E-state index contributed by atoms with van der Waals surface area (Å²) in [6.07, 6.45) is 4.23. The number of nitrogens with zero attached hydrogens (tertiary/aromatic N) is 3. The van der Waals surface area contributed by atoms with E-state index in [0.29, 0.717) is 6.42 Å². The summed E-state index contributed by atoms with van der Waals surface area (Å²) in [5.74, 6) is 0.703. The molecule has 6 nitrogen and oxygen atoms in total. The van der Waals surface area contributed by atoms with Crippen LogP contribution in [0.5, 0.6) is 0 Å². The third-order valence-electron chi connectivity index (χ3n) is 3.34. The lowest BCUT2D eigenvalue weighted by Gasteiger charge is -2.22. The molecule has 0 amide bonds. The van der Waals surface area contributed by atoms with Crippen LogP contribution in [0.3, 0.4) is 0 Å². The number of unbranched alkanes of at least 4 members (excludes halogenated alkanes) is 1. The van der Waals surface area contributed by atoms with Crippen molar-refractivity contribution in [2.24, 2.45) is 12.0 Å². The number of carbonyl (C=O) groups excluding carboxylic acids is 1. The van der Waals surface area contributed by atoms with Gasteiger partial charge in [-0.3, -0.25) is 9.79 Å². The molecule has 0 saturated carbocycles. The second-order valence-corrected chi connectivity index (χ2v) is 4.97. The maximum Gasteiger partial charge on any atom is 0.305 e. The van der Waals surface area contributed by atoms with Crippen molar-refractivity contribution in [3.05, 3.63) is 24.0 Å². The van der Waals surface area contributed by atoms with Gasteiger partial charge in [0.05, 0.1) is 13.7 Å².